The Morgan fingerprint density at radius 3 is 2.72 bits per heavy atom. The van der Waals surface area contributed by atoms with Crippen LogP contribution in [0.3, 0.4) is 0 Å². The lowest BCUT2D eigenvalue weighted by Gasteiger charge is -2.45. The molecule has 0 spiro atoms. The van der Waals surface area contributed by atoms with Crippen molar-refractivity contribution in [1.82, 2.24) is 4.90 Å². The number of ether oxygens (including phenoxy) is 1. The molecule has 1 unspecified atom stereocenters. The molecule has 0 amide bonds. The first-order chi connectivity index (χ1) is 8.86. The fourth-order valence-corrected chi connectivity index (χ4v) is 3.20. The van der Waals surface area contributed by atoms with Crippen LogP contribution in [0.25, 0.3) is 0 Å². The van der Waals surface area contributed by atoms with Crippen molar-refractivity contribution in [3.05, 3.63) is 24.3 Å². The quantitative estimate of drug-likeness (QED) is 0.883. The van der Waals surface area contributed by atoms with E-state index >= 15 is 0 Å². The maximum absolute atomic E-state index is 5.68. The fourth-order valence-electron chi connectivity index (χ4n) is 3.20. The van der Waals surface area contributed by atoms with Crippen molar-refractivity contribution in [1.29, 1.82) is 0 Å². The highest BCUT2D eigenvalue weighted by Crippen LogP contribution is 2.32. The minimum atomic E-state index is 0.592. The van der Waals surface area contributed by atoms with Crippen molar-refractivity contribution in [2.24, 2.45) is 5.92 Å². The monoisotopic (exact) mass is 246 g/mol. The van der Waals surface area contributed by atoms with Gasteiger partial charge in [-0.2, -0.15) is 0 Å². The Balaban J connectivity index is 1.72. The number of nitrogens with one attached hydrogen (secondary N) is 1. The lowest BCUT2D eigenvalue weighted by molar-refractivity contribution is 0.0974. The Labute approximate surface area is 109 Å². The highest BCUT2D eigenvalue weighted by molar-refractivity contribution is 5.57. The molecule has 1 atom stereocenters. The van der Waals surface area contributed by atoms with Gasteiger partial charge in [-0.15, -0.1) is 0 Å². The van der Waals surface area contributed by atoms with Gasteiger partial charge in [0.1, 0.15) is 5.75 Å². The molecular formula is C15H22N2O. The van der Waals surface area contributed by atoms with Gasteiger partial charge in [0, 0.05) is 12.6 Å². The molecule has 18 heavy (non-hydrogen) atoms. The Morgan fingerprint density at radius 1 is 1.28 bits per heavy atom. The maximum Gasteiger partial charge on any atom is 0.142 e. The van der Waals surface area contributed by atoms with Gasteiger partial charge in [-0.05, 0) is 50.9 Å². The number of hydrogen-bond donors (Lipinski definition) is 1. The predicted octanol–water partition coefficient (Wildman–Crippen LogP) is 2.59. The van der Waals surface area contributed by atoms with Crippen molar-refractivity contribution >= 4 is 5.69 Å². The van der Waals surface area contributed by atoms with E-state index < -0.39 is 0 Å². The average Bonchev–Trinajstić information content (AvgIpc) is 2.43. The van der Waals surface area contributed by atoms with Crippen LogP contribution in [0.1, 0.15) is 19.8 Å². The zero-order valence-electron chi connectivity index (χ0n) is 11.1. The van der Waals surface area contributed by atoms with E-state index in [1.54, 1.807) is 0 Å². The second-order valence-electron chi connectivity index (χ2n) is 5.32. The summed E-state index contributed by atoms with van der Waals surface area (Å²) in [7, 11) is 0. The Morgan fingerprint density at radius 2 is 2.06 bits per heavy atom. The minimum absolute atomic E-state index is 0.592. The molecule has 3 nitrogen and oxygen atoms in total. The molecule has 3 saturated heterocycles. The smallest absolute Gasteiger partial charge is 0.142 e. The molecule has 3 fully saturated rings. The van der Waals surface area contributed by atoms with Gasteiger partial charge in [-0.1, -0.05) is 12.1 Å². The topological polar surface area (TPSA) is 24.5 Å². The minimum Gasteiger partial charge on any atom is -0.492 e. The van der Waals surface area contributed by atoms with Gasteiger partial charge >= 0.3 is 0 Å². The van der Waals surface area contributed by atoms with E-state index in [-0.39, 0.29) is 0 Å². The number of fused-ring (bicyclic) bond motifs is 3. The van der Waals surface area contributed by atoms with Crippen LogP contribution < -0.4 is 10.1 Å². The van der Waals surface area contributed by atoms with E-state index in [9.17, 15) is 0 Å². The van der Waals surface area contributed by atoms with Crippen LogP contribution in [-0.4, -0.2) is 37.2 Å². The molecule has 0 aliphatic carbocycles. The summed E-state index contributed by atoms with van der Waals surface area (Å²) in [6.07, 6.45) is 2.68. The van der Waals surface area contributed by atoms with Crippen LogP contribution >= 0.6 is 0 Å². The van der Waals surface area contributed by atoms with Gasteiger partial charge in [-0.3, -0.25) is 0 Å². The molecule has 1 aromatic carbocycles. The van der Waals surface area contributed by atoms with Crippen LogP contribution in [0.5, 0.6) is 5.75 Å². The molecule has 2 bridgehead atoms. The first kappa shape index (κ1) is 11.8. The lowest BCUT2D eigenvalue weighted by atomic mass is 9.84. The Hall–Kier alpha value is -1.22. The van der Waals surface area contributed by atoms with Gasteiger partial charge in [-0.25, -0.2) is 0 Å². The van der Waals surface area contributed by atoms with Crippen LogP contribution in [0.15, 0.2) is 24.3 Å². The van der Waals surface area contributed by atoms with Gasteiger partial charge < -0.3 is 15.0 Å². The molecule has 3 aliphatic rings. The zero-order valence-corrected chi connectivity index (χ0v) is 11.1. The van der Waals surface area contributed by atoms with Gasteiger partial charge in [0.25, 0.3) is 0 Å². The molecule has 0 aromatic heterocycles. The summed E-state index contributed by atoms with van der Waals surface area (Å²) in [6, 6.07) is 8.88. The number of hydrogen-bond acceptors (Lipinski definition) is 3. The van der Waals surface area contributed by atoms with Gasteiger partial charge in [0.15, 0.2) is 0 Å². The summed E-state index contributed by atoms with van der Waals surface area (Å²) in [4.78, 5) is 2.57. The third-order valence-corrected chi connectivity index (χ3v) is 4.18. The third-order valence-electron chi connectivity index (χ3n) is 4.18. The molecular weight excluding hydrogens is 224 g/mol. The summed E-state index contributed by atoms with van der Waals surface area (Å²) in [5.41, 5.74) is 1.15. The Kier molecular flexibility index (Phi) is 3.41. The van der Waals surface area contributed by atoms with E-state index in [4.69, 9.17) is 4.74 Å². The largest absolute Gasteiger partial charge is 0.492 e. The molecule has 4 rings (SSSR count). The maximum atomic E-state index is 5.68. The lowest BCUT2D eigenvalue weighted by Crippen LogP contribution is -2.53. The van der Waals surface area contributed by atoms with E-state index in [0.29, 0.717) is 6.04 Å². The summed E-state index contributed by atoms with van der Waals surface area (Å²) in [5.74, 6) is 1.82. The number of nitrogens with zero attached hydrogens (tertiary/aromatic N) is 1. The highest BCUT2D eigenvalue weighted by atomic mass is 16.5. The second kappa shape index (κ2) is 5.19. The fraction of sp³-hybridized carbons (Fsp3) is 0.600. The number of para-hydroxylation sites is 2. The van der Waals surface area contributed by atoms with Gasteiger partial charge in [0.2, 0.25) is 0 Å². The van der Waals surface area contributed by atoms with Crippen molar-refractivity contribution in [3.8, 4) is 5.75 Å². The van der Waals surface area contributed by atoms with Crippen LogP contribution in [0.4, 0.5) is 5.69 Å². The normalized spacial score (nSPS) is 30.2. The molecule has 3 heteroatoms. The van der Waals surface area contributed by atoms with Crippen LogP contribution in [0.2, 0.25) is 0 Å². The molecule has 1 aromatic rings. The predicted molar refractivity (Wildman–Crippen MR) is 74.2 cm³/mol. The summed E-state index contributed by atoms with van der Waals surface area (Å²) in [5, 5.41) is 3.70. The molecule has 3 heterocycles. The SMILES string of the molecule is CCOc1ccccc1NC1CN2CCC1CC2. The highest BCUT2D eigenvalue weighted by Gasteiger charge is 2.34. The third kappa shape index (κ3) is 2.32. The number of anilines is 1. The first-order valence-electron chi connectivity index (χ1n) is 7.07. The second-order valence-corrected chi connectivity index (χ2v) is 5.32. The summed E-state index contributed by atoms with van der Waals surface area (Å²) < 4.78 is 5.68. The first-order valence-corrected chi connectivity index (χ1v) is 7.07. The van der Waals surface area contributed by atoms with E-state index in [2.05, 4.69) is 22.3 Å². The van der Waals surface area contributed by atoms with Crippen LogP contribution in [0, 0.1) is 5.92 Å². The standard InChI is InChI=1S/C15H22N2O/c1-2-18-15-6-4-3-5-13(15)16-14-11-17-9-7-12(14)8-10-17/h3-6,12,14,16H,2,7-11H2,1H3. The molecule has 0 saturated carbocycles. The Bertz CT molecular complexity index is 399. The average molecular weight is 246 g/mol. The zero-order chi connectivity index (χ0) is 12.4. The number of benzene rings is 1. The number of piperidine rings is 3. The molecule has 98 valence electrons. The molecule has 0 radical (unpaired) electrons. The van der Waals surface area contributed by atoms with E-state index in [1.807, 2.05) is 19.1 Å². The summed E-state index contributed by atoms with van der Waals surface area (Å²) >= 11 is 0. The van der Waals surface area contributed by atoms with Crippen LogP contribution in [-0.2, 0) is 0 Å². The molecule has 1 N–H and O–H groups in total. The van der Waals surface area contributed by atoms with E-state index in [1.165, 1.54) is 32.5 Å². The number of rotatable bonds is 4. The van der Waals surface area contributed by atoms with Gasteiger partial charge in [0.05, 0.1) is 12.3 Å². The van der Waals surface area contributed by atoms with E-state index in [0.717, 1.165) is 24.0 Å². The molecule has 3 aliphatic heterocycles. The van der Waals surface area contributed by atoms with Crippen molar-refractivity contribution in [2.75, 3.05) is 31.6 Å². The van der Waals surface area contributed by atoms with Crippen molar-refractivity contribution < 1.29 is 4.74 Å². The summed E-state index contributed by atoms with van der Waals surface area (Å²) in [6.45, 7) is 6.51. The van der Waals surface area contributed by atoms with Crippen molar-refractivity contribution in [3.63, 3.8) is 0 Å². The van der Waals surface area contributed by atoms with Crippen molar-refractivity contribution in [2.45, 2.75) is 25.8 Å².